The summed E-state index contributed by atoms with van der Waals surface area (Å²) >= 11 is 6.23. The van der Waals surface area contributed by atoms with Gasteiger partial charge < -0.3 is 5.32 Å². The number of carbonyl (C=O) groups excluding carboxylic acids is 1. The van der Waals surface area contributed by atoms with Crippen LogP contribution < -0.4 is 5.32 Å². The Balaban J connectivity index is 2.09. The van der Waals surface area contributed by atoms with E-state index in [2.05, 4.69) is 17.2 Å². The van der Waals surface area contributed by atoms with Gasteiger partial charge in [-0.3, -0.25) is 4.79 Å². The molecule has 0 bridgehead atoms. The van der Waals surface area contributed by atoms with Crippen LogP contribution >= 0.6 is 11.6 Å². The summed E-state index contributed by atoms with van der Waals surface area (Å²) in [5, 5.41) is 4.41. The first-order chi connectivity index (χ1) is 10.1. The van der Waals surface area contributed by atoms with Crippen LogP contribution in [0.15, 0.2) is 30.3 Å². The molecule has 4 heteroatoms. The van der Waals surface area contributed by atoms with Gasteiger partial charge in [0.2, 0.25) is 0 Å². The van der Waals surface area contributed by atoms with Gasteiger partial charge in [-0.05, 0) is 25.5 Å². The van der Waals surface area contributed by atoms with Gasteiger partial charge in [0.1, 0.15) is 5.69 Å². The van der Waals surface area contributed by atoms with Crippen molar-refractivity contribution in [2.45, 2.75) is 45.6 Å². The average Bonchev–Trinajstić information content (AvgIpc) is 2.47. The molecule has 112 valence electrons. The molecule has 1 amide bonds. The monoisotopic (exact) mass is 304 g/mol. The van der Waals surface area contributed by atoms with Gasteiger partial charge in [0.05, 0.1) is 10.5 Å². The molecule has 0 aliphatic carbocycles. The fourth-order valence-electron chi connectivity index (χ4n) is 2.32. The van der Waals surface area contributed by atoms with Crippen molar-refractivity contribution < 1.29 is 4.79 Å². The van der Waals surface area contributed by atoms with E-state index in [1.54, 1.807) is 6.07 Å². The summed E-state index contributed by atoms with van der Waals surface area (Å²) in [6.07, 6.45) is 4.49. The maximum Gasteiger partial charge on any atom is 0.270 e. The molecule has 1 atom stereocenters. The zero-order valence-electron chi connectivity index (χ0n) is 12.5. The standard InChI is InChI=1S/C17H21ClN2O/c1-3-4-5-8-12(2)19-17(21)16-11-14(18)13-9-6-7-10-15(13)20-16/h6-7,9-12H,3-5,8H2,1-2H3,(H,19,21). The lowest BCUT2D eigenvalue weighted by molar-refractivity contribution is 0.0933. The van der Waals surface area contributed by atoms with Crippen LogP contribution in [0.1, 0.15) is 50.0 Å². The topological polar surface area (TPSA) is 42.0 Å². The molecule has 1 aromatic heterocycles. The number of unbranched alkanes of at least 4 members (excludes halogenated alkanes) is 2. The highest BCUT2D eigenvalue weighted by Crippen LogP contribution is 2.22. The van der Waals surface area contributed by atoms with Gasteiger partial charge in [0.15, 0.2) is 0 Å². The molecule has 21 heavy (non-hydrogen) atoms. The molecular weight excluding hydrogens is 284 g/mol. The number of hydrogen-bond acceptors (Lipinski definition) is 2. The number of hydrogen-bond donors (Lipinski definition) is 1. The van der Waals surface area contributed by atoms with Crippen LogP contribution in [-0.4, -0.2) is 16.9 Å². The number of amides is 1. The molecule has 1 unspecified atom stereocenters. The summed E-state index contributed by atoms with van der Waals surface area (Å²) in [5.41, 5.74) is 1.12. The van der Waals surface area contributed by atoms with Crippen molar-refractivity contribution in [3.8, 4) is 0 Å². The second-order valence-electron chi connectivity index (χ2n) is 5.38. The van der Waals surface area contributed by atoms with Gasteiger partial charge in [-0.2, -0.15) is 0 Å². The first kappa shape index (κ1) is 15.8. The second kappa shape index (κ2) is 7.41. The van der Waals surface area contributed by atoms with Gasteiger partial charge in [-0.15, -0.1) is 0 Å². The normalized spacial score (nSPS) is 12.3. The number of para-hydroxylation sites is 1. The molecule has 0 fully saturated rings. The molecule has 1 N–H and O–H groups in total. The van der Waals surface area contributed by atoms with E-state index >= 15 is 0 Å². The lowest BCUT2D eigenvalue weighted by Crippen LogP contribution is -2.33. The van der Waals surface area contributed by atoms with Crippen molar-refractivity contribution in [3.05, 3.63) is 41.0 Å². The Labute approximate surface area is 130 Å². The number of nitrogens with zero attached hydrogens (tertiary/aromatic N) is 1. The number of benzene rings is 1. The smallest absolute Gasteiger partial charge is 0.270 e. The number of aromatic nitrogens is 1. The Kier molecular flexibility index (Phi) is 5.57. The summed E-state index contributed by atoms with van der Waals surface area (Å²) < 4.78 is 0. The van der Waals surface area contributed by atoms with Crippen LogP contribution in [0.3, 0.4) is 0 Å². The van der Waals surface area contributed by atoms with Gasteiger partial charge in [0.25, 0.3) is 5.91 Å². The van der Waals surface area contributed by atoms with E-state index in [0.717, 1.165) is 23.7 Å². The lowest BCUT2D eigenvalue weighted by atomic mass is 10.1. The third-order valence-corrected chi connectivity index (χ3v) is 3.83. The number of fused-ring (bicyclic) bond motifs is 1. The predicted octanol–water partition coefficient (Wildman–Crippen LogP) is 4.59. The molecule has 3 nitrogen and oxygen atoms in total. The summed E-state index contributed by atoms with van der Waals surface area (Å²) in [4.78, 5) is 16.6. The Morgan fingerprint density at radius 2 is 2.10 bits per heavy atom. The number of halogens is 1. The molecule has 2 rings (SSSR count). The van der Waals surface area contributed by atoms with Crippen molar-refractivity contribution in [1.82, 2.24) is 10.3 Å². The Morgan fingerprint density at radius 1 is 1.33 bits per heavy atom. The third-order valence-electron chi connectivity index (χ3n) is 3.52. The Bertz CT molecular complexity index is 627. The maximum atomic E-state index is 12.3. The Morgan fingerprint density at radius 3 is 2.86 bits per heavy atom. The van der Waals surface area contributed by atoms with Crippen LogP contribution in [-0.2, 0) is 0 Å². The quantitative estimate of drug-likeness (QED) is 0.793. The highest BCUT2D eigenvalue weighted by Gasteiger charge is 2.13. The van der Waals surface area contributed by atoms with Crippen molar-refractivity contribution >= 4 is 28.4 Å². The van der Waals surface area contributed by atoms with E-state index in [-0.39, 0.29) is 11.9 Å². The van der Waals surface area contributed by atoms with Crippen molar-refractivity contribution in [3.63, 3.8) is 0 Å². The van der Waals surface area contributed by atoms with Crippen LogP contribution in [0.4, 0.5) is 0 Å². The predicted molar refractivity (Wildman–Crippen MR) is 87.8 cm³/mol. The van der Waals surface area contributed by atoms with Gasteiger partial charge in [-0.25, -0.2) is 4.98 Å². The molecule has 2 aromatic rings. The second-order valence-corrected chi connectivity index (χ2v) is 5.78. The fraction of sp³-hybridized carbons (Fsp3) is 0.412. The summed E-state index contributed by atoms with van der Waals surface area (Å²) in [7, 11) is 0. The molecule has 0 aliphatic heterocycles. The largest absolute Gasteiger partial charge is 0.348 e. The zero-order valence-corrected chi connectivity index (χ0v) is 13.3. The SMILES string of the molecule is CCCCCC(C)NC(=O)c1cc(Cl)c2ccccc2n1. The number of carbonyl (C=O) groups is 1. The molecule has 1 heterocycles. The maximum absolute atomic E-state index is 12.3. The van der Waals surface area contributed by atoms with Gasteiger partial charge in [-0.1, -0.05) is 56.0 Å². The fourth-order valence-corrected chi connectivity index (χ4v) is 2.58. The summed E-state index contributed by atoms with van der Waals surface area (Å²) in [6, 6.07) is 9.35. The van der Waals surface area contributed by atoms with Crippen LogP contribution in [0.5, 0.6) is 0 Å². The van der Waals surface area contributed by atoms with Gasteiger partial charge >= 0.3 is 0 Å². The van der Waals surface area contributed by atoms with E-state index in [1.807, 2.05) is 31.2 Å². The van der Waals surface area contributed by atoms with Crippen molar-refractivity contribution in [1.29, 1.82) is 0 Å². The van der Waals surface area contributed by atoms with Crippen molar-refractivity contribution in [2.75, 3.05) is 0 Å². The van der Waals surface area contributed by atoms with E-state index in [1.165, 1.54) is 12.8 Å². The molecule has 0 saturated heterocycles. The van der Waals surface area contributed by atoms with Crippen LogP contribution in [0.25, 0.3) is 10.9 Å². The van der Waals surface area contributed by atoms with Crippen LogP contribution in [0, 0.1) is 0 Å². The zero-order chi connectivity index (χ0) is 15.2. The molecule has 0 spiro atoms. The minimum Gasteiger partial charge on any atom is -0.348 e. The highest BCUT2D eigenvalue weighted by molar-refractivity contribution is 6.35. The number of rotatable bonds is 6. The summed E-state index contributed by atoms with van der Waals surface area (Å²) in [5.74, 6) is -0.161. The third kappa shape index (κ3) is 4.18. The first-order valence-electron chi connectivity index (χ1n) is 7.48. The van der Waals surface area contributed by atoms with E-state index in [9.17, 15) is 4.79 Å². The molecule has 0 aliphatic rings. The van der Waals surface area contributed by atoms with Crippen LogP contribution in [0.2, 0.25) is 5.02 Å². The molecule has 0 radical (unpaired) electrons. The highest BCUT2D eigenvalue weighted by atomic mass is 35.5. The number of pyridine rings is 1. The molecular formula is C17H21ClN2O. The average molecular weight is 305 g/mol. The minimum absolute atomic E-state index is 0.149. The molecule has 0 saturated carbocycles. The van der Waals surface area contributed by atoms with E-state index < -0.39 is 0 Å². The van der Waals surface area contributed by atoms with E-state index in [0.29, 0.717) is 10.7 Å². The minimum atomic E-state index is -0.161. The lowest BCUT2D eigenvalue weighted by Gasteiger charge is -2.13. The Hall–Kier alpha value is -1.61. The molecule has 1 aromatic carbocycles. The number of nitrogens with one attached hydrogen (secondary N) is 1. The first-order valence-corrected chi connectivity index (χ1v) is 7.85. The van der Waals surface area contributed by atoms with Gasteiger partial charge in [0, 0.05) is 11.4 Å². The van der Waals surface area contributed by atoms with Crippen molar-refractivity contribution in [2.24, 2.45) is 0 Å². The van der Waals surface area contributed by atoms with E-state index in [4.69, 9.17) is 11.6 Å². The summed E-state index contributed by atoms with van der Waals surface area (Å²) in [6.45, 7) is 4.19.